The van der Waals surface area contributed by atoms with Gasteiger partial charge in [0.25, 0.3) is 0 Å². The molecule has 1 atom stereocenters. The zero-order chi connectivity index (χ0) is 17.0. The zero-order valence-corrected chi connectivity index (χ0v) is 17.6. The lowest BCUT2D eigenvalue weighted by Crippen LogP contribution is -2.38. The van der Waals surface area contributed by atoms with Gasteiger partial charge in [-0.25, -0.2) is 4.99 Å². The molecule has 0 aromatic carbocycles. The summed E-state index contributed by atoms with van der Waals surface area (Å²) in [7, 11) is 0. The standard InChI is InChI=1S/C16H30N6O2.HI/c1-3-17-16(19-11-15-21-20-13-22(15)4-2)18-8-6-9-23-12-14-7-5-10-24-14;/h13-14H,3-12H2,1-2H3,(H2,17,18,19);1H. The molecule has 2 heterocycles. The first-order valence-corrected chi connectivity index (χ1v) is 8.91. The Balaban J connectivity index is 0.00000312. The van der Waals surface area contributed by atoms with Crippen molar-refractivity contribution >= 4 is 29.9 Å². The number of ether oxygens (including phenoxy) is 2. The number of aromatic nitrogens is 3. The number of hydrogen-bond acceptors (Lipinski definition) is 5. The number of rotatable bonds is 10. The zero-order valence-electron chi connectivity index (χ0n) is 15.2. The van der Waals surface area contributed by atoms with Gasteiger partial charge in [0, 0.05) is 32.8 Å². The molecule has 0 aliphatic carbocycles. The summed E-state index contributed by atoms with van der Waals surface area (Å²) >= 11 is 0. The summed E-state index contributed by atoms with van der Waals surface area (Å²) in [5, 5.41) is 14.6. The summed E-state index contributed by atoms with van der Waals surface area (Å²) in [5.74, 6) is 1.66. The van der Waals surface area contributed by atoms with Crippen LogP contribution < -0.4 is 10.6 Å². The molecular formula is C16H31IN6O2. The fourth-order valence-electron chi connectivity index (χ4n) is 2.53. The SMILES string of the molecule is CCNC(=NCc1nncn1CC)NCCCOCC1CCCO1.I. The Kier molecular flexibility index (Phi) is 11.7. The number of nitrogens with one attached hydrogen (secondary N) is 2. The highest BCUT2D eigenvalue weighted by Gasteiger charge is 2.14. The molecule has 1 aromatic rings. The highest BCUT2D eigenvalue weighted by molar-refractivity contribution is 14.0. The molecular weight excluding hydrogens is 435 g/mol. The lowest BCUT2D eigenvalue weighted by Gasteiger charge is -2.12. The molecule has 2 N–H and O–H groups in total. The Labute approximate surface area is 167 Å². The first kappa shape index (κ1) is 22.1. The third-order valence-corrected chi connectivity index (χ3v) is 3.84. The smallest absolute Gasteiger partial charge is 0.191 e. The lowest BCUT2D eigenvalue weighted by molar-refractivity contribution is 0.0168. The van der Waals surface area contributed by atoms with Crippen LogP contribution in [-0.2, 0) is 22.6 Å². The first-order chi connectivity index (χ1) is 11.8. The number of halogens is 1. The Morgan fingerprint density at radius 1 is 1.44 bits per heavy atom. The lowest BCUT2D eigenvalue weighted by atomic mass is 10.2. The van der Waals surface area contributed by atoms with Crippen molar-refractivity contribution in [2.24, 2.45) is 4.99 Å². The van der Waals surface area contributed by atoms with Gasteiger partial charge in [-0.3, -0.25) is 0 Å². The van der Waals surface area contributed by atoms with Gasteiger partial charge in [0.05, 0.1) is 12.7 Å². The van der Waals surface area contributed by atoms with Gasteiger partial charge in [-0.1, -0.05) is 0 Å². The molecule has 1 unspecified atom stereocenters. The summed E-state index contributed by atoms with van der Waals surface area (Å²) < 4.78 is 13.2. The van der Waals surface area contributed by atoms with Gasteiger partial charge in [-0.05, 0) is 33.1 Å². The number of aliphatic imine (C=N–C) groups is 1. The molecule has 2 rings (SSSR count). The first-order valence-electron chi connectivity index (χ1n) is 8.91. The minimum atomic E-state index is 0. The molecule has 0 saturated carbocycles. The number of guanidine groups is 1. The summed E-state index contributed by atoms with van der Waals surface area (Å²) in [6, 6.07) is 0. The molecule has 0 spiro atoms. The monoisotopic (exact) mass is 466 g/mol. The van der Waals surface area contributed by atoms with Crippen molar-refractivity contribution in [1.82, 2.24) is 25.4 Å². The van der Waals surface area contributed by atoms with Crippen molar-refractivity contribution in [3.05, 3.63) is 12.2 Å². The fraction of sp³-hybridized carbons (Fsp3) is 0.812. The molecule has 9 heteroatoms. The average Bonchev–Trinajstić information content (AvgIpc) is 3.26. The van der Waals surface area contributed by atoms with Crippen molar-refractivity contribution in [1.29, 1.82) is 0 Å². The minimum Gasteiger partial charge on any atom is -0.379 e. The highest BCUT2D eigenvalue weighted by Crippen LogP contribution is 2.11. The summed E-state index contributed by atoms with van der Waals surface area (Å²) in [5.41, 5.74) is 0. The highest BCUT2D eigenvalue weighted by atomic mass is 127. The van der Waals surface area contributed by atoms with Crippen LogP contribution in [0.1, 0.15) is 38.9 Å². The van der Waals surface area contributed by atoms with Gasteiger partial charge in [-0.2, -0.15) is 0 Å². The van der Waals surface area contributed by atoms with E-state index in [1.807, 2.05) is 4.57 Å². The van der Waals surface area contributed by atoms with Crippen LogP contribution in [-0.4, -0.2) is 59.7 Å². The Morgan fingerprint density at radius 3 is 3.04 bits per heavy atom. The summed E-state index contributed by atoms with van der Waals surface area (Å²) in [6.45, 7) is 9.44. The normalized spacial score (nSPS) is 17.4. The number of nitrogens with zero attached hydrogens (tertiary/aromatic N) is 4. The molecule has 144 valence electrons. The van der Waals surface area contributed by atoms with Crippen LogP contribution in [0.3, 0.4) is 0 Å². The van der Waals surface area contributed by atoms with Gasteiger partial charge in [0.2, 0.25) is 0 Å². The van der Waals surface area contributed by atoms with E-state index in [4.69, 9.17) is 9.47 Å². The molecule has 25 heavy (non-hydrogen) atoms. The molecule has 0 radical (unpaired) electrons. The second-order valence-corrected chi connectivity index (χ2v) is 5.72. The van der Waals surface area contributed by atoms with Crippen LogP contribution >= 0.6 is 24.0 Å². The van der Waals surface area contributed by atoms with Crippen molar-refractivity contribution in [3.8, 4) is 0 Å². The predicted octanol–water partition coefficient (Wildman–Crippen LogP) is 1.56. The van der Waals surface area contributed by atoms with Crippen LogP contribution in [0.25, 0.3) is 0 Å². The van der Waals surface area contributed by atoms with Crippen molar-refractivity contribution in [3.63, 3.8) is 0 Å². The molecule has 0 bridgehead atoms. The van der Waals surface area contributed by atoms with Crippen LogP contribution in [0.5, 0.6) is 0 Å². The van der Waals surface area contributed by atoms with E-state index >= 15 is 0 Å². The van der Waals surface area contributed by atoms with Crippen LogP contribution in [0.4, 0.5) is 0 Å². The van der Waals surface area contributed by atoms with E-state index < -0.39 is 0 Å². The van der Waals surface area contributed by atoms with E-state index in [1.54, 1.807) is 6.33 Å². The maximum Gasteiger partial charge on any atom is 0.191 e. The van der Waals surface area contributed by atoms with Gasteiger partial charge in [0.15, 0.2) is 11.8 Å². The molecule has 1 fully saturated rings. The van der Waals surface area contributed by atoms with E-state index in [0.29, 0.717) is 19.3 Å². The summed E-state index contributed by atoms with van der Waals surface area (Å²) in [4.78, 5) is 4.56. The molecule has 1 aromatic heterocycles. The average molecular weight is 466 g/mol. The Hall–Kier alpha value is -0.940. The molecule has 0 amide bonds. The quantitative estimate of drug-likeness (QED) is 0.236. The minimum absolute atomic E-state index is 0. The Morgan fingerprint density at radius 2 is 2.32 bits per heavy atom. The van der Waals surface area contributed by atoms with Crippen LogP contribution in [0.2, 0.25) is 0 Å². The van der Waals surface area contributed by atoms with E-state index in [0.717, 1.165) is 63.9 Å². The molecule has 8 nitrogen and oxygen atoms in total. The van der Waals surface area contributed by atoms with Crippen LogP contribution in [0, 0.1) is 0 Å². The van der Waals surface area contributed by atoms with Gasteiger partial charge < -0.3 is 24.7 Å². The largest absolute Gasteiger partial charge is 0.379 e. The third kappa shape index (κ3) is 8.32. The van der Waals surface area contributed by atoms with Crippen molar-refractivity contribution in [2.75, 3.05) is 32.9 Å². The van der Waals surface area contributed by atoms with E-state index in [-0.39, 0.29) is 24.0 Å². The van der Waals surface area contributed by atoms with Gasteiger partial charge in [0.1, 0.15) is 12.9 Å². The van der Waals surface area contributed by atoms with E-state index in [1.165, 1.54) is 0 Å². The van der Waals surface area contributed by atoms with Crippen molar-refractivity contribution in [2.45, 2.75) is 52.3 Å². The predicted molar refractivity (Wildman–Crippen MR) is 108 cm³/mol. The maximum atomic E-state index is 5.66. The second-order valence-electron chi connectivity index (χ2n) is 5.72. The fourth-order valence-corrected chi connectivity index (χ4v) is 2.53. The van der Waals surface area contributed by atoms with E-state index in [9.17, 15) is 0 Å². The van der Waals surface area contributed by atoms with Gasteiger partial charge in [-0.15, -0.1) is 34.2 Å². The topological polar surface area (TPSA) is 85.6 Å². The number of hydrogen-bond donors (Lipinski definition) is 2. The number of aryl methyl sites for hydroxylation is 1. The third-order valence-electron chi connectivity index (χ3n) is 3.84. The van der Waals surface area contributed by atoms with E-state index in [2.05, 4.69) is 39.7 Å². The summed E-state index contributed by atoms with van der Waals surface area (Å²) in [6.07, 6.45) is 5.24. The van der Waals surface area contributed by atoms with Crippen LogP contribution in [0.15, 0.2) is 11.3 Å². The molecule has 1 aliphatic heterocycles. The maximum absolute atomic E-state index is 5.66. The Bertz CT molecular complexity index is 491. The van der Waals surface area contributed by atoms with Gasteiger partial charge >= 0.3 is 0 Å². The van der Waals surface area contributed by atoms with Crippen molar-refractivity contribution < 1.29 is 9.47 Å². The molecule has 1 aliphatic rings. The molecule has 1 saturated heterocycles. The second kappa shape index (κ2) is 13.3.